The normalized spacial score (nSPS) is 11.6. The van der Waals surface area contributed by atoms with Crippen LogP contribution in [0, 0.1) is 12.3 Å². The van der Waals surface area contributed by atoms with Crippen LogP contribution in [0.4, 0.5) is 10.5 Å². The Morgan fingerprint density at radius 2 is 1.88 bits per heavy atom. The third-order valence-electron chi connectivity index (χ3n) is 5.68. The molecule has 0 atom stereocenters. The number of methoxy groups -OCH3 is 1. The zero-order valence-electron chi connectivity index (χ0n) is 20.0. The van der Waals surface area contributed by atoms with E-state index in [2.05, 4.69) is 53.7 Å². The summed E-state index contributed by atoms with van der Waals surface area (Å²) < 4.78 is 4.65. The van der Waals surface area contributed by atoms with Crippen LogP contribution in [-0.4, -0.2) is 59.8 Å². The lowest BCUT2D eigenvalue weighted by atomic mass is 9.88. The van der Waals surface area contributed by atoms with Crippen molar-refractivity contribution in [1.29, 1.82) is 0 Å². The van der Waals surface area contributed by atoms with Crippen molar-refractivity contribution in [2.45, 2.75) is 40.5 Å². The Morgan fingerprint density at radius 1 is 1.16 bits per heavy atom. The maximum Gasteiger partial charge on any atom is 0.409 e. The van der Waals surface area contributed by atoms with Gasteiger partial charge in [0.2, 0.25) is 5.91 Å². The molecule has 0 aliphatic heterocycles. The Balaban J connectivity index is 1.84. The van der Waals surface area contributed by atoms with Crippen LogP contribution >= 0.6 is 0 Å². The second-order valence-corrected chi connectivity index (χ2v) is 9.47. The Morgan fingerprint density at radius 3 is 2.53 bits per heavy atom. The number of amides is 2. The number of aryl methyl sites for hydroxylation is 1. The van der Waals surface area contributed by atoms with E-state index in [4.69, 9.17) is 0 Å². The highest BCUT2D eigenvalue weighted by Gasteiger charge is 2.20. The first kappa shape index (κ1) is 23.4. The highest BCUT2D eigenvalue weighted by atomic mass is 16.5. The summed E-state index contributed by atoms with van der Waals surface area (Å²) in [6.07, 6.45) is 1.47. The molecule has 0 unspecified atom stereocenters. The molecule has 172 valence electrons. The fourth-order valence-electron chi connectivity index (χ4n) is 3.61. The lowest BCUT2D eigenvalue weighted by Gasteiger charge is -2.21. The number of likely N-dealkylation sites (N-methyl/N-ethyl adjacent to an activating group) is 2. The first-order valence-electron chi connectivity index (χ1n) is 10.7. The largest absolute Gasteiger partial charge is 0.453 e. The van der Waals surface area contributed by atoms with Gasteiger partial charge in [-0.3, -0.25) is 9.89 Å². The molecule has 0 bridgehead atoms. The van der Waals surface area contributed by atoms with Crippen molar-refractivity contribution >= 4 is 28.6 Å². The van der Waals surface area contributed by atoms with E-state index in [1.54, 1.807) is 7.05 Å². The standard InChI is InChI=1S/C24H33N5O3/c1-15-18(10-11-24(2,3)4)22(27-26-15)20-12-16-8-9-17(13-19(16)25-20)29(6)21(30)14-28(5)23(31)32-7/h8-9,12-13,25H,10-11,14H2,1-7H3,(H,26,27). The maximum absolute atomic E-state index is 12.6. The summed E-state index contributed by atoms with van der Waals surface area (Å²) in [5.74, 6) is -0.212. The van der Waals surface area contributed by atoms with Gasteiger partial charge < -0.3 is 19.5 Å². The molecule has 3 rings (SSSR count). The van der Waals surface area contributed by atoms with Crippen molar-refractivity contribution in [3.05, 3.63) is 35.5 Å². The van der Waals surface area contributed by atoms with E-state index in [0.29, 0.717) is 0 Å². The van der Waals surface area contributed by atoms with Gasteiger partial charge in [0.25, 0.3) is 0 Å². The summed E-state index contributed by atoms with van der Waals surface area (Å²) in [7, 11) is 4.51. The van der Waals surface area contributed by atoms with E-state index >= 15 is 0 Å². The van der Waals surface area contributed by atoms with Gasteiger partial charge in [-0.25, -0.2) is 4.79 Å². The van der Waals surface area contributed by atoms with Gasteiger partial charge in [0.1, 0.15) is 12.2 Å². The predicted octanol–water partition coefficient (Wildman–Crippen LogP) is 4.51. The molecule has 0 saturated carbocycles. The number of aromatic amines is 2. The molecule has 0 aliphatic carbocycles. The molecule has 32 heavy (non-hydrogen) atoms. The van der Waals surface area contributed by atoms with Crippen molar-refractivity contribution in [2.75, 3.05) is 32.6 Å². The van der Waals surface area contributed by atoms with Crippen LogP contribution < -0.4 is 4.90 Å². The molecule has 0 saturated heterocycles. The van der Waals surface area contributed by atoms with Gasteiger partial charge in [-0.05, 0) is 43.4 Å². The fraction of sp³-hybridized carbons (Fsp3) is 0.458. The number of carbonyl (C=O) groups excluding carboxylic acids is 2. The number of hydrogen-bond donors (Lipinski definition) is 2. The molecule has 2 N–H and O–H groups in total. The smallest absolute Gasteiger partial charge is 0.409 e. The van der Waals surface area contributed by atoms with Gasteiger partial charge in [-0.1, -0.05) is 26.8 Å². The van der Waals surface area contributed by atoms with Gasteiger partial charge in [0, 0.05) is 41.9 Å². The zero-order valence-corrected chi connectivity index (χ0v) is 20.0. The highest BCUT2D eigenvalue weighted by Crippen LogP contribution is 2.31. The van der Waals surface area contributed by atoms with Gasteiger partial charge in [0.05, 0.1) is 12.8 Å². The number of aromatic nitrogens is 3. The quantitative estimate of drug-likeness (QED) is 0.591. The number of benzene rings is 1. The topological polar surface area (TPSA) is 94.3 Å². The van der Waals surface area contributed by atoms with Crippen LogP contribution in [0.25, 0.3) is 22.3 Å². The Hall–Kier alpha value is -3.29. The van der Waals surface area contributed by atoms with Gasteiger partial charge in [-0.15, -0.1) is 0 Å². The van der Waals surface area contributed by atoms with Crippen LogP contribution in [-0.2, 0) is 16.0 Å². The van der Waals surface area contributed by atoms with E-state index in [-0.39, 0.29) is 17.9 Å². The second kappa shape index (κ2) is 9.06. The summed E-state index contributed by atoms with van der Waals surface area (Å²) in [6.45, 7) is 8.72. The lowest BCUT2D eigenvalue weighted by Crippen LogP contribution is -2.39. The zero-order chi connectivity index (χ0) is 23.6. The Kier molecular flexibility index (Phi) is 6.62. The van der Waals surface area contributed by atoms with Gasteiger partial charge in [-0.2, -0.15) is 5.10 Å². The van der Waals surface area contributed by atoms with Gasteiger partial charge >= 0.3 is 6.09 Å². The molecular formula is C24H33N5O3. The molecule has 0 spiro atoms. The molecule has 2 amide bonds. The SMILES string of the molecule is COC(=O)N(C)CC(=O)N(C)c1ccc2cc(-c3n[nH]c(C)c3CCC(C)(C)C)[nH]c2c1. The fourth-order valence-corrected chi connectivity index (χ4v) is 3.61. The Labute approximate surface area is 188 Å². The van der Waals surface area contributed by atoms with Crippen LogP contribution in [0.5, 0.6) is 0 Å². The van der Waals surface area contributed by atoms with Crippen molar-refractivity contribution in [3.63, 3.8) is 0 Å². The maximum atomic E-state index is 12.6. The molecule has 2 aromatic heterocycles. The first-order valence-corrected chi connectivity index (χ1v) is 10.7. The number of H-pyrrole nitrogens is 2. The number of carbonyl (C=O) groups is 2. The minimum Gasteiger partial charge on any atom is -0.453 e. The average molecular weight is 440 g/mol. The van der Waals surface area contributed by atoms with Crippen molar-refractivity contribution in [2.24, 2.45) is 5.41 Å². The summed E-state index contributed by atoms with van der Waals surface area (Å²) >= 11 is 0. The average Bonchev–Trinajstić information content (AvgIpc) is 3.32. The molecule has 1 aromatic carbocycles. The number of nitrogens with one attached hydrogen (secondary N) is 2. The van der Waals surface area contributed by atoms with E-state index in [0.717, 1.165) is 46.5 Å². The minimum absolute atomic E-state index is 0.0686. The van der Waals surface area contributed by atoms with E-state index in [1.165, 1.54) is 29.5 Å². The van der Waals surface area contributed by atoms with E-state index in [1.807, 2.05) is 18.2 Å². The summed E-state index contributed by atoms with van der Waals surface area (Å²) in [6, 6.07) is 7.89. The molecule has 0 aliphatic rings. The van der Waals surface area contributed by atoms with Crippen LogP contribution in [0.15, 0.2) is 24.3 Å². The monoisotopic (exact) mass is 439 g/mol. The number of rotatable bonds is 6. The number of fused-ring (bicyclic) bond motifs is 1. The molecule has 2 heterocycles. The molecular weight excluding hydrogens is 406 g/mol. The Bertz CT molecular complexity index is 1120. The number of hydrogen-bond acceptors (Lipinski definition) is 4. The summed E-state index contributed by atoms with van der Waals surface area (Å²) in [5, 5.41) is 8.72. The predicted molar refractivity (Wildman–Crippen MR) is 127 cm³/mol. The first-order chi connectivity index (χ1) is 15.0. The van der Waals surface area contributed by atoms with Crippen LogP contribution in [0.2, 0.25) is 0 Å². The van der Waals surface area contributed by atoms with Crippen LogP contribution in [0.3, 0.4) is 0 Å². The highest BCUT2D eigenvalue weighted by molar-refractivity contribution is 5.98. The van der Waals surface area contributed by atoms with Crippen LogP contribution in [0.1, 0.15) is 38.4 Å². The molecule has 0 fully saturated rings. The molecule has 8 nitrogen and oxygen atoms in total. The number of ether oxygens (including phenoxy) is 1. The van der Waals surface area contributed by atoms with E-state index in [9.17, 15) is 9.59 Å². The number of anilines is 1. The third kappa shape index (κ3) is 5.12. The number of nitrogens with zero attached hydrogens (tertiary/aromatic N) is 3. The van der Waals surface area contributed by atoms with Gasteiger partial charge in [0.15, 0.2) is 0 Å². The third-order valence-corrected chi connectivity index (χ3v) is 5.68. The molecule has 8 heteroatoms. The van der Waals surface area contributed by atoms with Crippen molar-refractivity contribution in [1.82, 2.24) is 20.1 Å². The van der Waals surface area contributed by atoms with Crippen molar-refractivity contribution in [3.8, 4) is 11.4 Å². The minimum atomic E-state index is -0.548. The van der Waals surface area contributed by atoms with E-state index < -0.39 is 6.09 Å². The summed E-state index contributed by atoms with van der Waals surface area (Å²) in [5.41, 5.74) is 6.10. The summed E-state index contributed by atoms with van der Waals surface area (Å²) in [4.78, 5) is 30.4. The lowest BCUT2D eigenvalue weighted by molar-refractivity contribution is -0.118. The van der Waals surface area contributed by atoms with Crippen molar-refractivity contribution < 1.29 is 14.3 Å². The molecule has 3 aromatic rings. The molecule has 0 radical (unpaired) electrons. The second-order valence-electron chi connectivity index (χ2n) is 9.47.